The first-order valence-corrected chi connectivity index (χ1v) is 5.63. The summed E-state index contributed by atoms with van der Waals surface area (Å²) in [7, 11) is 4.40. The molecule has 0 spiro atoms. The zero-order valence-corrected chi connectivity index (χ0v) is 8.97. The van der Waals surface area contributed by atoms with E-state index in [1.165, 1.54) is 45.2 Å². The molecule has 0 amide bonds. The van der Waals surface area contributed by atoms with Crippen molar-refractivity contribution in [2.45, 2.75) is 38.1 Å². The molecule has 0 aromatic carbocycles. The summed E-state index contributed by atoms with van der Waals surface area (Å²) >= 11 is 0. The Labute approximate surface area is 81.7 Å². The second-order valence-electron chi connectivity index (χ2n) is 4.88. The minimum Gasteiger partial charge on any atom is -0.319 e. The van der Waals surface area contributed by atoms with Crippen molar-refractivity contribution in [2.75, 3.05) is 27.2 Å². The Kier molecular flexibility index (Phi) is 2.61. The van der Waals surface area contributed by atoms with Crippen molar-refractivity contribution in [3.8, 4) is 0 Å². The Balaban J connectivity index is 2.12. The van der Waals surface area contributed by atoms with Gasteiger partial charge >= 0.3 is 0 Å². The van der Waals surface area contributed by atoms with Gasteiger partial charge in [0.2, 0.25) is 0 Å². The molecule has 1 saturated heterocycles. The Bertz CT molecular complexity index is 177. The molecule has 0 aromatic heterocycles. The maximum atomic E-state index is 3.39. The summed E-state index contributed by atoms with van der Waals surface area (Å²) in [4.78, 5) is 2.59. The van der Waals surface area contributed by atoms with E-state index in [0.717, 1.165) is 6.04 Å². The lowest BCUT2D eigenvalue weighted by Crippen LogP contribution is -2.51. The van der Waals surface area contributed by atoms with Gasteiger partial charge in [-0.2, -0.15) is 0 Å². The third-order valence-electron chi connectivity index (χ3n) is 4.11. The van der Waals surface area contributed by atoms with Crippen LogP contribution in [0.25, 0.3) is 0 Å². The van der Waals surface area contributed by atoms with Gasteiger partial charge in [-0.05, 0) is 51.7 Å². The van der Waals surface area contributed by atoms with Gasteiger partial charge in [0.25, 0.3) is 0 Å². The second-order valence-corrected chi connectivity index (χ2v) is 4.88. The maximum Gasteiger partial charge on any atom is 0.0161 e. The highest BCUT2D eigenvalue weighted by atomic mass is 15.2. The minimum atomic E-state index is 0.627. The fraction of sp³-hybridized carbons (Fsp3) is 1.00. The molecule has 1 heterocycles. The summed E-state index contributed by atoms with van der Waals surface area (Å²) in [6, 6.07) is 0.869. The van der Waals surface area contributed by atoms with Crippen LogP contribution in [0.5, 0.6) is 0 Å². The lowest BCUT2D eigenvalue weighted by Gasteiger charge is -2.45. The monoisotopic (exact) mass is 182 g/mol. The molecular weight excluding hydrogens is 160 g/mol. The Hall–Kier alpha value is -0.0800. The van der Waals surface area contributed by atoms with Crippen LogP contribution in [0.15, 0.2) is 0 Å². The van der Waals surface area contributed by atoms with Gasteiger partial charge in [-0.3, -0.25) is 0 Å². The highest BCUT2D eigenvalue weighted by molar-refractivity contribution is 5.00. The molecule has 13 heavy (non-hydrogen) atoms. The minimum absolute atomic E-state index is 0.627. The SMILES string of the molecule is CNCC12CCCC1N(C)CCC2. The number of hydrogen-bond acceptors (Lipinski definition) is 2. The van der Waals surface area contributed by atoms with Crippen LogP contribution in [0.4, 0.5) is 0 Å². The van der Waals surface area contributed by atoms with Crippen LogP contribution in [-0.4, -0.2) is 38.1 Å². The maximum absolute atomic E-state index is 3.39. The van der Waals surface area contributed by atoms with E-state index in [-0.39, 0.29) is 0 Å². The van der Waals surface area contributed by atoms with Crippen molar-refractivity contribution in [1.29, 1.82) is 0 Å². The quantitative estimate of drug-likeness (QED) is 0.695. The zero-order chi connectivity index (χ0) is 9.31. The molecular formula is C11H22N2. The molecule has 0 radical (unpaired) electrons. The predicted octanol–water partition coefficient (Wildman–Crippen LogP) is 1.47. The van der Waals surface area contributed by atoms with E-state index in [9.17, 15) is 0 Å². The average Bonchev–Trinajstić information content (AvgIpc) is 2.50. The number of nitrogens with zero attached hydrogens (tertiary/aromatic N) is 1. The van der Waals surface area contributed by atoms with Gasteiger partial charge in [-0.25, -0.2) is 0 Å². The van der Waals surface area contributed by atoms with Crippen LogP contribution in [0, 0.1) is 5.41 Å². The highest BCUT2D eigenvalue weighted by Gasteiger charge is 2.45. The first kappa shape index (κ1) is 9.47. The van der Waals surface area contributed by atoms with E-state index in [2.05, 4.69) is 24.3 Å². The smallest absolute Gasteiger partial charge is 0.0161 e. The molecule has 1 saturated carbocycles. The molecule has 76 valence electrons. The van der Waals surface area contributed by atoms with Crippen LogP contribution in [0.1, 0.15) is 32.1 Å². The lowest BCUT2D eigenvalue weighted by molar-refractivity contribution is 0.0572. The molecule has 0 aromatic rings. The number of nitrogens with one attached hydrogen (secondary N) is 1. The molecule has 2 unspecified atom stereocenters. The number of likely N-dealkylation sites (tertiary alicyclic amines) is 1. The number of rotatable bonds is 2. The van der Waals surface area contributed by atoms with E-state index in [1.54, 1.807) is 0 Å². The van der Waals surface area contributed by atoms with E-state index >= 15 is 0 Å². The normalized spacial score (nSPS) is 40.6. The fourth-order valence-corrected chi connectivity index (χ4v) is 3.58. The number of hydrogen-bond donors (Lipinski definition) is 1. The third-order valence-corrected chi connectivity index (χ3v) is 4.11. The summed E-state index contributed by atoms with van der Waals surface area (Å²) in [5, 5.41) is 3.39. The van der Waals surface area contributed by atoms with Crippen LogP contribution in [0.2, 0.25) is 0 Å². The standard InChI is InChI=1S/C11H22N2/c1-12-9-11-6-3-5-10(11)13(2)8-4-7-11/h10,12H,3-9H2,1-2H3. The van der Waals surface area contributed by atoms with E-state index in [0.29, 0.717) is 5.41 Å². The van der Waals surface area contributed by atoms with Crippen molar-refractivity contribution in [3.05, 3.63) is 0 Å². The second kappa shape index (κ2) is 3.58. The topological polar surface area (TPSA) is 15.3 Å². The summed E-state index contributed by atoms with van der Waals surface area (Å²) in [5.74, 6) is 0. The van der Waals surface area contributed by atoms with Crippen molar-refractivity contribution in [2.24, 2.45) is 5.41 Å². The first-order chi connectivity index (χ1) is 6.28. The van der Waals surface area contributed by atoms with Gasteiger partial charge in [0.05, 0.1) is 0 Å². The average molecular weight is 182 g/mol. The third kappa shape index (κ3) is 1.50. The molecule has 2 heteroatoms. The van der Waals surface area contributed by atoms with Crippen molar-refractivity contribution < 1.29 is 0 Å². The lowest BCUT2D eigenvalue weighted by atomic mass is 9.75. The summed E-state index contributed by atoms with van der Waals surface area (Å²) < 4.78 is 0. The van der Waals surface area contributed by atoms with Crippen LogP contribution in [-0.2, 0) is 0 Å². The molecule has 2 atom stereocenters. The summed E-state index contributed by atoms with van der Waals surface area (Å²) in [6.45, 7) is 2.54. The molecule has 2 nitrogen and oxygen atoms in total. The molecule has 1 aliphatic carbocycles. The van der Waals surface area contributed by atoms with Gasteiger partial charge in [0.1, 0.15) is 0 Å². The Morgan fingerprint density at radius 1 is 1.38 bits per heavy atom. The van der Waals surface area contributed by atoms with Crippen LogP contribution >= 0.6 is 0 Å². The van der Waals surface area contributed by atoms with Crippen molar-refractivity contribution in [1.82, 2.24) is 10.2 Å². The van der Waals surface area contributed by atoms with Crippen LogP contribution < -0.4 is 5.32 Å². The van der Waals surface area contributed by atoms with E-state index in [4.69, 9.17) is 0 Å². The van der Waals surface area contributed by atoms with Crippen molar-refractivity contribution in [3.63, 3.8) is 0 Å². The van der Waals surface area contributed by atoms with Gasteiger partial charge in [0.15, 0.2) is 0 Å². The van der Waals surface area contributed by atoms with Gasteiger partial charge < -0.3 is 10.2 Å². The molecule has 2 rings (SSSR count). The van der Waals surface area contributed by atoms with Crippen molar-refractivity contribution >= 4 is 0 Å². The highest BCUT2D eigenvalue weighted by Crippen LogP contribution is 2.46. The molecule has 1 aliphatic heterocycles. The van der Waals surface area contributed by atoms with Gasteiger partial charge in [-0.1, -0.05) is 6.42 Å². The van der Waals surface area contributed by atoms with Crippen LogP contribution in [0.3, 0.4) is 0 Å². The largest absolute Gasteiger partial charge is 0.319 e. The van der Waals surface area contributed by atoms with Gasteiger partial charge in [0, 0.05) is 12.6 Å². The zero-order valence-electron chi connectivity index (χ0n) is 8.97. The predicted molar refractivity (Wildman–Crippen MR) is 55.9 cm³/mol. The Morgan fingerprint density at radius 3 is 2.92 bits per heavy atom. The molecule has 2 aliphatic rings. The Morgan fingerprint density at radius 2 is 2.15 bits per heavy atom. The number of fused-ring (bicyclic) bond motifs is 1. The van der Waals surface area contributed by atoms with E-state index in [1.807, 2.05) is 0 Å². The first-order valence-electron chi connectivity index (χ1n) is 5.63. The summed E-state index contributed by atoms with van der Waals surface area (Å²) in [6.07, 6.45) is 7.16. The molecule has 1 N–H and O–H groups in total. The van der Waals surface area contributed by atoms with E-state index < -0.39 is 0 Å². The summed E-state index contributed by atoms with van der Waals surface area (Å²) in [5.41, 5.74) is 0.627. The fourth-order valence-electron chi connectivity index (χ4n) is 3.58. The number of piperidine rings is 1. The van der Waals surface area contributed by atoms with Gasteiger partial charge in [-0.15, -0.1) is 0 Å². The molecule has 0 bridgehead atoms. The molecule has 2 fully saturated rings.